The molecule has 3 heteroatoms. The zero-order valence-electron chi connectivity index (χ0n) is 15.0. The minimum Gasteiger partial charge on any atom is -0.393 e. The molecule has 2 N–H and O–H groups in total. The van der Waals surface area contributed by atoms with Gasteiger partial charge in [0.25, 0.3) is 0 Å². The normalized spacial score (nSPS) is 60.8. The van der Waals surface area contributed by atoms with E-state index in [2.05, 4.69) is 27.7 Å². The van der Waals surface area contributed by atoms with E-state index in [0.29, 0.717) is 36.0 Å². The Labute approximate surface area is 139 Å². The molecule has 3 nitrogen and oxygen atoms in total. The van der Waals surface area contributed by atoms with Crippen LogP contribution >= 0.6 is 0 Å². The highest BCUT2D eigenvalue weighted by Crippen LogP contribution is 2.75. The zero-order chi connectivity index (χ0) is 16.8. The summed E-state index contributed by atoms with van der Waals surface area (Å²) in [4.78, 5) is 11.8. The Hall–Kier alpha value is -0.410. The van der Waals surface area contributed by atoms with Crippen LogP contribution in [-0.4, -0.2) is 28.7 Å². The van der Waals surface area contributed by atoms with Gasteiger partial charge in [-0.3, -0.25) is 0 Å². The van der Waals surface area contributed by atoms with Gasteiger partial charge < -0.3 is 15.0 Å². The summed E-state index contributed by atoms with van der Waals surface area (Å²) in [5.41, 5.74) is -0.482. The number of hydrogen-bond acceptors (Lipinski definition) is 3. The standard InChI is InChI=1S/C20H32O3/c1-11(2)12-5-6-19(4)14(22)8-18(3)9-15(23)20(10-21)7-13(20)17(18)16(12)19/h10-17,22-23H,5-9H2,1-4H3. The Morgan fingerprint density at radius 1 is 1.04 bits per heavy atom. The van der Waals surface area contributed by atoms with E-state index >= 15 is 0 Å². The van der Waals surface area contributed by atoms with Crippen LogP contribution in [-0.2, 0) is 4.79 Å². The molecule has 0 amide bonds. The molecule has 4 aliphatic rings. The van der Waals surface area contributed by atoms with Crippen LogP contribution in [0.2, 0.25) is 0 Å². The number of aldehydes is 1. The lowest BCUT2D eigenvalue weighted by Gasteiger charge is -2.59. The fourth-order valence-corrected chi connectivity index (χ4v) is 7.34. The van der Waals surface area contributed by atoms with Crippen LogP contribution in [0.3, 0.4) is 0 Å². The van der Waals surface area contributed by atoms with Gasteiger partial charge >= 0.3 is 0 Å². The molecule has 0 saturated heterocycles. The highest BCUT2D eigenvalue weighted by molar-refractivity contribution is 5.67. The highest BCUT2D eigenvalue weighted by atomic mass is 16.3. The molecule has 23 heavy (non-hydrogen) atoms. The van der Waals surface area contributed by atoms with Gasteiger partial charge in [0, 0.05) is 0 Å². The number of aliphatic hydroxyl groups excluding tert-OH is 2. The smallest absolute Gasteiger partial charge is 0.129 e. The molecular weight excluding hydrogens is 288 g/mol. The van der Waals surface area contributed by atoms with Crippen LogP contribution < -0.4 is 0 Å². The van der Waals surface area contributed by atoms with Crippen LogP contribution in [0.5, 0.6) is 0 Å². The van der Waals surface area contributed by atoms with E-state index in [0.717, 1.165) is 25.5 Å². The van der Waals surface area contributed by atoms with Crippen molar-refractivity contribution >= 4 is 6.29 Å². The molecule has 4 rings (SSSR count). The molecule has 0 radical (unpaired) electrons. The van der Waals surface area contributed by atoms with Crippen molar-refractivity contribution in [3.05, 3.63) is 0 Å². The minimum atomic E-state index is -0.512. The Bertz CT molecular complexity index is 531. The lowest BCUT2D eigenvalue weighted by atomic mass is 9.46. The first-order valence-electron chi connectivity index (χ1n) is 9.52. The summed E-state index contributed by atoms with van der Waals surface area (Å²) in [6.45, 7) is 9.19. The van der Waals surface area contributed by atoms with Crippen LogP contribution in [0.1, 0.15) is 59.8 Å². The SMILES string of the molecule is CC(C)C1CCC2(C)C(O)CC3(C)CC(O)C4(C=O)CC4C3C12. The van der Waals surface area contributed by atoms with Gasteiger partial charge in [0.2, 0.25) is 0 Å². The molecule has 0 bridgehead atoms. The first-order valence-corrected chi connectivity index (χ1v) is 9.52. The van der Waals surface area contributed by atoms with Crippen molar-refractivity contribution in [1.82, 2.24) is 0 Å². The number of hydrogen-bond donors (Lipinski definition) is 2. The number of carbonyl (C=O) groups excluding carboxylic acids is 1. The van der Waals surface area contributed by atoms with E-state index in [9.17, 15) is 15.0 Å². The van der Waals surface area contributed by atoms with E-state index in [-0.39, 0.29) is 16.9 Å². The average Bonchev–Trinajstić information content (AvgIpc) is 3.09. The Morgan fingerprint density at radius 2 is 1.70 bits per heavy atom. The molecule has 0 aliphatic heterocycles. The van der Waals surface area contributed by atoms with Crippen molar-refractivity contribution in [2.45, 2.75) is 72.0 Å². The van der Waals surface area contributed by atoms with Gasteiger partial charge in [-0.15, -0.1) is 0 Å². The first-order chi connectivity index (χ1) is 10.7. The predicted octanol–water partition coefficient (Wildman–Crippen LogP) is 3.03. The molecule has 4 saturated carbocycles. The van der Waals surface area contributed by atoms with E-state index in [1.807, 2.05) is 0 Å². The molecule has 130 valence electrons. The third-order valence-corrected chi connectivity index (χ3v) is 8.74. The summed E-state index contributed by atoms with van der Waals surface area (Å²) in [7, 11) is 0. The van der Waals surface area contributed by atoms with Gasteiger partial charge in [-0.2, -0.15) is 0 Å². The summed E-state index contributed by atoms with van der Waals surface area (Å²) in [5.74, 6) is 2.58. The molecule has 9 atom stereocenters. The maximum atomic E-state index is 11.8. The van der Waals surface area contributed by atoms with Crippen molar-refractivity contribution in [2.75, 3.05) is 0 Å². The van der Waals surface area contributed by atoms with Crippen molar-refractivity contribution in [1.29, 1.82) is 0 Å². The Balaban J connectivity index is 1.79. The molecule has 4 aliphatic carbocycles. The molecule has 4 fully saturated rings. The molecule has 0 aromatic heterocycles. The van der Waals surface area contributed by atoms with Crippen molar-refractivity contribution in [3.8, 4) is 0 Å². The average molecular weight is 320 g/mol. The minimum absolute atomic E-state index is 0.00137. The van der Waals surface area contributed by atoms with Gasteiger partial charge in [0.05, 0.1) is 17.6 Å². The molecule has 0 heterocycles. The second-order valence-electron chi connectivity index (χ2n) is 10.1. The molecule has 0 aromatic carbocycles. The van der Waals surface area contributed by atoms with E-state index in [4.69, 9.17) is 0 Å². The van der Waals surface area contributed by atoms with Crippen molar-refractivity contribution in [2.24, 2.45) is 45.8 Å². The fraction of sp³-hybridized carbons (Fsp3) is 0.950. The largest absolute Gasteiger partial charge is 0.393 e. The van der Waals surface area contributed by atoms with Crippen LogP contribution in [0.4, 0.5) is 0 Å². The summed E-state index contributed by atoms with van der Waals surface area (Å²) in [6, 6.07) is 0. The molecule has 0 spiro atoms. The summed E-state index contributed by atoms with van der Waals surface area (Å²) in [6.07, 6.45) is 4.92. The topological polar surface area (TPSA) is 57.5 Å². The third kappa shape index (κ3) is 1.81. The monoisotopic (exact) mass is 320 g/mol. The predicted molar refractivity (Wildman–Crippen MR) is 88.6 cm³/mol. The van der Waals surface area contributed by atoms with Gasteiger partial charge in [-0.05, 0) is 72.5 Å². The molecule has 0 aromatic rings. The maximum Gasteiger partial charge on any atom is 0.129 e. The van der Waals surface area contributed by atoms with Crippen LogP contribution in [0, 0.1) is 45.8 Å². The number of carbonyl (C=O) groups is 1. The second-order valence-corrected chi connectivity index (χ2v) is 10.1. The molecule has 9 unspecified atom stereocenters. The lowest BCUT2D eigenvalue weighted by molar-refractivity contribution is -0.172. The van der Waals surface area contributed by atoms with Gasteiger partial charge in [0.15, 0.2) is 0 Å². The van der Waals surface area contributed by atoms with Gasteiger partial charge in [0.1, 0.15) is 6.29 Å². The maximum absolute atomic E-state index is 11.8. The van der Waals surface area contributed by atoms with Crippen LogP contribution in [0.15, 0.2) is 0 Å². The number of aliphatic hydroxyl groups is 2. The fourth-order valence-electron chi connectivity index (χ4n) is 7.34. The van der Waals surface area contributed by atoms with E-state index < -0.39 is 11.5 Å². The summed E-state index contributed by atoms with van der Waals surface area (Å²) in [5, 5.41) is 21.6. The Kier molecular flexibility index (Phi) is 3.22. The zero-order valence-corrected chi connectivity index (χ0v) is 15.0. The lowest BCUT2D eigenvalue weighted by Crippen LogP contribution is -2.58. The number of fused-ring (bicyclic) bond motifs is 5. The van der Waals surface area contributed by atoms with E-state index in [1.54, 1.807) is 0 Å². The van der Waals surface area contributed by atoms with Crippen molar-refractivity contribution in [3.63, 3.8) is 0 Å². The van der Waals surface area contributed by atoms with Gasteiger partial charge in [-0.25, -0.2) is 0 Å². The van der Waals surface area contributed by atoms with E-state index in [1.165, 1.54) is 6.42 Å². The number of rotatable bonds is 2. The Morgan fingerprint density at radius 3 is 2.30 bits per heavy atom. The third-order valence-electron chi connectivity index (χ3n) is 8.74. The van der Waals surface area contributed by atoms with Crippen LogP contribution in [0.25, 0.3) is 0 Å². The summed E-state index contributed by atoms with van der Waals surface area (Å²) >= 11 is 0. The highest BCUT2D eigenvalue weighted by Gasteiger charge is 2.74. The molecular formula is C20H32O3. The second kappa shape index (κ2) is 4.60. The summed E-state index contributed by atoms with van der Waals surface area (Å²) < 4.78 is 0. The first kappa shape index (κ1) is 16.1. The van der Waals surface area contributed by atoms with Gasteiger partial charge in [-0.1, -0.05) is 27.7 Å². The van der Waals surface area contributed by atoms with Crippen molar-refractivity contribution < 1.29 is 15.0 Å². The quantitative estimate of drug-likeness (QED) is 0.769.